The number of nitrogens with one attached hydrogen (secondary N) is 1. The number of ether oxygens (including phenoxy) is 1. The Morgan fingerprint density at radius 3 is 2.93 bits per heavy atom. The first-order chi connectivity index (χ1) is 14.1. The molecule has 29 heavy (non-hydrogen) atoms. The van der Waals surface area contributed by atoms with E-state index in [9.17, 15) is 9.59 Å². The van der Waals surface area contributed by atoms with Crippen molar-refractivity contribution in [3.05, 3.63) is 87.8 Å². The average molecular weight is 424 g/mol. The van der Waals surface area contributed by atoms with Crippen molar-refractivity contribution >= 4 is 39.7 Å². The highest BCUT2D eigenvalue weighted by Gasteiger charge is 2.11. The van der Waals surface area contributed by atoms with Gasteiger partial charge < -0.3 is 10.1 Å². The number of carbonyl (C=O) groups excluding carboxylic acids is 1. The molecule has 2 aromatic heterocycles. The van der Waals surface area contributed by atoms with Crippen molar-refractivity contribution < 1.29 is 9.53 Å². The second kappa shape index (κ2) is 8.50. The normalized spacial score (nSPS) is 10.8. The Labute approximate surface area is 175 Å². The number of benzene rings is 2. The van der Waals surface area contributed by atoms with Crippen molar-refractivity contribution in [2.45, 2.75) is 10.6 Å². The van der Waals surface area contributed by atoms with Gasteiger partial charge in [-0.25, -0.2) is 4.98 Å². The van der Waals surface area contributed by atoms with Gasteiger partial charge in [0.05, 0.1) is 18.5 Å². The van der Waals surface area contributed by atoms with Crippen LogP contribution >= 0.6 is 23.1 Å². The number of anilines is 1. The van der Waals surface area contributed by atoms with Crippen LogP contribution in [0.4, 0.5) is 5.69 Å². The van der Waals surface area contributed by atoms with Crippen LogP contribution in [0, 0.1) is 0 Å². The van der Waals surface area contributed by atoms with E-state index < -0.39 is 0 Å². The molecule has 0 spiro atoms. The molecule has 4 aromatic rings. The van der Waals surface area contributed by atoms with E-state index in [1.54, 1.807) is 43.6 Å². The first kappa shape index (κ1) is 19.2. The molecule has 0 radical (unpaired) electrons. The van der Waals surface area contributed by atoms with Crippen molar-refractivity contribution in [2.75, 3.05) is 12.4 Å². The molecule has 2 heterocycles. The molecule has 0 aliphatic heterocycles. The van der Waals surface area contributed by atoms with Gasteiger partial charge in [-0.1, -0.05) is 18.2 Å². The van der Waals surface area contributed by atoms with Gasteiger partial charge in [-0.15, -0.1) is 23.1 Å². The average Bonchev–Trinajstić information content (AvgIpc) is 3.22. The molecule has 4 rings (SSSR count). The third kappa shape index (κ3) is 4.33. The Bertz CT molecular complexity index is 1230. The molecule has 146 valence electrons. The number of carbonyl (C=O) groups is 1. The lowest BCUT2D eigenvalue weighted by Gasteiger charge is -2.11. The first-order valence-electron chi connectivity index (χ1n) is 8.77. The molecule has 0 bridgehead atoms. The molecule has 1 N–H and O–H groups in total. The lowest BCUT2D eigenvalue weighted by Crippen LogP contribution is -2.13. The molecule has 0 aliphatic carbocycles. The molecule has 2 aromatic carbocycles. The zero-order valence-corrected chi connectivity index (χ0v) is 17.1. The van der Waals surface area contributed by atoms with Crippen molar-refractivity contribution in [2.24, 2.45) is 0 Å². The molecular weight excluding hydrogens is 406 g/mol. The zero-order chi connectivity index (χ0) is 20.2. The molecule has 6 nitrogen and oxygen atoms in total. The maximum atomic E-state index is 12.6. The largest absolute Gasteiger partial charge is 0.497 e. The van der Waals surface area contributed by atoms with Crippen molar-refractivity contribution in [1.82, 2.24) is 9.38 Å². The van der Waals surface area contributed by atoms with Crippen LogP contribution in [0.3, 0.4) is 0 Å². The summed E-state index contributed by atoms with van der Waals surface area (Å²) in [5.41, 5.74) is 1.84. The van der Waals surface area contributed by atoms with Gasteiger partial charge in [0.25, 0.3) is 11.5 Å². The van der Waals surface area contributed by atoms with Gasteiger partial charge in [-0.05, 0) is 30.3 Å². The lowest BCUT2D eigenvalue weighted by molar-refractivity contribution is 0.102. The monoisotopic (exact) mass is 423 g/mol. The minimum atomic E-state index is -0.215. The number of nitrogens with zero attached hydrogens (tertiary/aromatic N) is 2. The number of rotatable bonds is 6. The van der Waals surface area contributed by atoms with Crippen LogP contribution in [0.15, 0.2) is 75.9 Å². The molecular formula is C21H17N3O3S2. The van der Waals surface area contributed by atoms with Gasteiger partial charge in [0.2, 0.25) is 0 Å². The molecule has 0 fully saturated rings. The van der Waals surface area contributed by atoms with Crippen LogP contribution in [0.2, 0.25) is 0 Å². The molecule has 1 amide bonds. The van der Waals surface area contributed by atoms with Crippen LogP contribution in [-0.2, 0) is 5.75 Å². The van der Waals surface area contributed by atoms with Gasteiger partial charge in [0, 0.05) is 33.9 Å². The first-order valence-corrected chi connectivity index (χ1v) is 10.6. The zero-order valence-electron chi connectivity index (χ0n) is 15.5. The fourth-order valence-corrected chi connectivity index (χ4v) is 4.41. The number of para-hydroxylation sites is 1. The summed E-state index contributed by atoms with van der Waals surface area (Å²) in [5, 5.41) is 4.79. The summed E-state index contributed by atoms with van der Waals surface area (Å²) in [4.78, 5) is 30.9. The summed E-state index contributed by atoms with van der Waals surface area (Å²) in [6, 6.07) is 16.1. The van der Waals surface area contributed by atoms with E-state index >= 15 is 0 Å². The summed E-state index contributed by atoms with van der Waals surface area (Å²) >= 11 is 2.94. The second-order valence-electron chi connectivity index (χ2n) is 6.11. The summed E-state index contributed by atoms with van der Waals surface area (Å²) in [6.45, 7) is 0. The SMILES string of the molecule is COc1cccc(C(=O)Nc2ccccc2SCc2cc(=O)n3ccsc3n2)c1. The van der Waals surface area contributed by atoms with E-state index in [1.807, 2.05) is 29.6 Å². The van der Waals surface area contributed by atoms with Crippen LogP contribution in [0.5, 0.6) is 5.75 Å². The van der Waals surface area contributed by atoms with Crippen LogP contribution in [-0.4, -0.2) is 22.4 Å². The fourth-order valence-electron chi connectivity index (χ4n) is 2.77. The quantitative estimate of drug-likeness (QED) is 0.468. The van der Waals surface area contributed by atoms with Crippen molar-refractivity contribution in [1.29, 1.82) is 0 Å². The third-order valence-electron chi connectivity index (χ3n) is 4.20. The molecule has 0 atom stereocenters. The van der Waals surface area contributed by atoms with Crippen molar-refractivity contribution in [3.63, 3.8) is 0 Å². The maximum Gasteiger partial charge on any atom is 0.258 e. The van der Waals surface area contributed by atoms with Crippen LogP contribution in [0.1, 0.15) is 16.1 Å². The van der Waals surface area contributed by atoms with E-state index in [0.29, 0.717) is 33.4 Å². The predicted octanol–water partition coefficient (Wildman–Crippen LogP) is 4.31. The van der Waals surface area contributed by atoms with Gasteiger partial charge in [-0.3, -0.25) is 14.0 Å². The maximum absolute atomic E-state index is 12.6. The summed E-state index contributed by atoms with van der Waals surface area (Å²) in [6.07, 6.45) is 1.72. The third-order valence-corrected chi connectivity index (χ3v) is 6.06. The van der Waals surface area contributed by atoms with E-state index in [2.05, 4.69) is 10.3 Å². The Hall–Kier alpha value is -3.10. The van der Waals surface area contributed by atoms with Gasteiger partial charge in [0.15, 0.2) is 4.96 Å². The Kier molecular flexibility index (Phi) is 5.64. The second-order valence-corrected chi connectivity index (χ2v) is 8.00. The Morgan fingerprint density at radius 1 is 1.21 bits per heavy atom. The van der Waals surface area contributed by atoms with Gasteiger partial charge in [-0.2, -0.15) is 0 Å². The number of fused-ring (bicyclic) bond motifs is 1. The van der Waals surface area contributed by atoms with Gasteiger partial charge >= 0.3 is 0 Å². The molecule has 0 unspecified atom stereocenters. The Morgan fingerprint density at radius 2 is 2.07 bits per heavy atom. The smallest absolute Gasteiger partial charge is 0.258 e. The van der Waals surface area contributed by atoms with Crippen LogP contribution < -0.4 is 15.6 Å². The Balaban J connectivity index is 1.51. The standard InChI is InChI=1S/C21H17N3O3S2/c1-27-16-6-4-5-14(11-16)20(26)23-17-7-2-3-8-18(17)29-13-15-12-19(25)24-9-10-28-21(24)22-15/h2-12H,13H2,1H3,(H,23,26). The summed E-state index contributed by atoms with van der Waals surface area (Å²) in [7, 11) is 1.57. The fraction of sp³-hybridized carbons (Fsp3) is 0.0952. The summed E-state index contributed by atoms with van der Waals surface area (Å²) in [5.74, 6) is 0.936. The topological polar surface area (TPSA) is 72.7 Å². The number of hydrogen-bond donors (Lipinski definition) is 1. The molecule has 0 saturated heterocycles. The molecule has 0 saturated carbocycles. The van der Waals surface area contributed by atoms with Crippen LogP contribution in [0.25, 0.3) is 4.96 Å². The number of hydrogen-bond acceptors (Lipinski definition) is 6. The number of amides is 1. The number of thiazole rings is 1. The highest BCUT2D eigenvalue weighted by Crippen LogP contribution is 2.30. The van der Waals surface area contributed by atoms with E-state index in [1.165, 1.54) is 27.5 Å². The lowest BCUT2D eigenvalue weighted by atomic mass is 10.2. The van der Waals surface area contributed by atoms with E-state index in [-0.39, 0.29) is 11.5 Å². The number of methoxy groups -OCH3 is 1. The molecule has 0 aliphatic rings. The highest BCUT2D eigenvalue weighted by atomic mass is 32.2. The minimum absolute atomic E-state index is 0.0912. The van der Waals surface area contributed by atoms with E-state index in [4.69, 9.17) is 4.74 Å². The number of thioether (sulfide) groups is 1. The minimum Gasteiger partial charge on any atom is -0.497 e. The predicted molar refractivity (Wildman–Crippen MR) is 116 cm³/mol. The van der Waals surface area contributed by atoms with Gasteiger partial charge in [0.1, 0.15) is 5.75 Å². The molecule has 8 heteroatoms. The summed E-state index contributed by atoms with van der Waals surface area (Å²) < 4.78 is 6.71. The highest BCUT2D eigenvalue weighted by molar-refractivity contribution is 7.98. The van der Waals surface area contributed by atoms with E-state index in [0.717, 1.165) is 4.90 Å². The number of aromatic nitrogens is 2. The van der Waals surface area contributed by atoms with Crippen molar-refractivity contribution in [3.8, 4) is 5.75 Å².